The second-order valence-electron chi connectivity index (χ2n) is 2.19. The summed E-state index contributed by atoms with van der Waals surface area (Å²) in [5.74, 6) is 0.837. The van der Waals surface area contributed by atoms with Crippen molar-refractivity contribution in [3.8, 4) is 0 Å². The topological polar surface area (TPSA) is 26.0 Å². The van der Waals surface area contributed by atoms with Gasteiger partial charge in [-0.2, -0.15) is 0 Å². The summed E-state index contributed by atoms with van der Waals surface area (Å²) in [6.07, 6.45) is 0. The summed E-state index contributed by atoms with van der Waals surface area (Å²) in [6, 6.07) is 5.48. The lowest BCUT2D eigenvalue weighted by Crippen LogP contribution is -2.01. The maximum Gasteiger partial charge on any atom is 0.0556 e. The molecule has 66 valence electrons. The maximum absolute atomic E-state index is 5.92. The second-order valence-corrected chi connectivity index (χ2v) is 4.11. The van der Waals surface area contributed by atoms with Gasteiger partial charge < -0.3 is 5.73 Å². The van der Waals surface area contributed by atoms with Gasteiger partial charge in [-0.05, 0) is 12.1 Å². The van der Waals surface area contributed by atoms with Crippen LogP contribution >= 0.6 is 35.0 Å². The summed E-state index contributed by atoms with van der Waals surface area (Å²) in [7, 11) is 0. The van der Waals surface area contributed by atoms with Crippen LogP contribution in [0.5, 0.6) is 0 Å². The fraction of sp³-hybridized carbons (Fsp3) is 0.250. The van der Waals surface area contributed by atoms with Gasteiger partial charge >= 0.3 is 0 Å². The molecule has 0 aliphatic rings. The Morgan fingerprint density at radius 1 is 1.25 bits per heavy atom. The molecule has 0 atom stereocenters. The molecule has 0 aromatic heterocycles. The van der Waals surface area contributed by atoms with E-state index in [4.69, 9.17) is 28.9 Å². The van der Waals surface area contributed by atoms with Gasteiger partial charge in [0.05, 0.1) is 10.0 Å². The SMILES string of the molecule is NCCSc1c(Cl)cccc1Cl. The standard InChI is InChI=1S/C8H9Cl2NS/c9-6-2-1-3-7(10)8(6)12-5-4-11/h1-3H,4-5,11H2. The van der Waals surface area contributed by atoms with E-state index in [2.05, 4.69) is 0 Å². The molecule has 0 bridgehead atoms. The van der Waals surface area contributed by atoms with Crippen molar-refractivity contribution < 1.29 is 0 Å². The molecule has 1 nitrogen and oxygen atoms in total. The molecule has 0 heterocycles. The van der Waals surface area contributed by atoms with E-state index in [0.29, 0.717) is 16.6 Å². The van der Waals surface area contributed by atoms with Crippen molar-refractivity contribution in [1.29, 1.82) is 0 Å². The van der Waals surface area contributed by atoms with Gasteiger partial charge in [-0.15, -0.1) is 11.8 Å². The zero-order valence-corrected chi connectivity index (χ0v) is 8.72. The largest absolute Gasteiger partial charge is 0.330 e. The Kier molecular flexibility index (Phi) is 4.22. The molecule has 0 aliphatic carbocycles. The van der Waals surface area contributed by atoms with Crippen molar-refractivity contribution in [2.24, 2.45) is 5.73 Å². The molecule has 0 amide bonds. The first kappa shape index (κ1) is 10.2. The first-order chi connectivity index (χ1) is 5.75. The van der Waals surface area contributed by atoms with Gasteiger partial charge in [0.2, 0.25) is 0 Å². The van der Waals surface area contributed by atoms with Crippen molar-refractivity contribution in [1.82, 2.24) is 0 Å². The summed E-state index contributed by atoms with van der Waals surface area (Å²) in [5, 5.41) is 1.39. The quantitative estimate of drug-likeness (QED) is 0.795. The Hall–Kier alpha value is 0.110. The number of hydrogen-bond acceptors (Lipinski definition) is 2. The molecule has 4 heteroatoms. The zero-order chi connectivity index (χ0) is 8.97. The third-order valence-electron chi connectivity index (χ3n) is 1.28. The van der Waals surface area contributed by atoms with Crippen LogP contribution in [0.1, 0.15) is 0 Å². The van der Waals surface area contributed by atoms with Gasteiger partial charge in [-0.3, -0.25) is 0 Å². The molecule has 0 radical (unpaired) electrons. The lowest BCUT2D eigenvalue weighted by molar-refractivity contribution is 1.15. The van der Waals surface area contributed by atoms with Crippen molar-refractivity contribution in [2.75, 3.05) is 12.3 Å². The average molecular weight is 222 g/mol. The Labute approximate surface area is 86.2 Å². The Balaban J connectivity index is 2.81. The van der Waals surface area contributed by atoms with E-state index in [0.717, 1.165) is 10.6 Å². The van der Waals surface area contributed by atoms with Crippen LogP contribution in [-0.2, 0) is 0 Å². The molecule has 0 aliphatic heterocycles. The predicted molar refractivity (Wildman–Crippen MR) is 56.2 cm³/mol. The summed E-state index contributed by atoms with van der Waals surface area (Å²) in [4.78, 5) is 0.922. The Morgan fingerprint density at radius 3 is 2.33 bits per heavy atom. The number of nitrogens with two attached hydrogens (primary N) is 1. The molecular formula is C8H9Cl2NS. The summed E-state index contributed by atoms with van der Waals surface area (Å²) in [5.41, 5.74) is 5.37. The van der Waals surface area contributed by atoms with Gasteiger partial charge in [-0.25, -0.2) is 0 Å². The average Bonchev–Trinajstić information content (AvgIpc) is 2.04. The number of halogens is 2. The van der Waals surface area contributed by atoms with Crippen LogP contribution < -0.4 is 5.73 Å². The van der Waals surface area contributed by atoms with Crippen molar-refractivity contribution in [2.45, 2.75) is 4.90 Å². The normalized spacial score (nSPS) is 10.2. The highest BCUT2D eigenvalue weighted by Crippen LogP contribution is 2.33. The highest BCUT2D eigenvalue weighted by atomic mass is 35.5. The minimum Gasteiger partial charge on any atom is -0.330 e. The first-order valence-corrected chi connectivity index (χ1v) is 5.26. The molecule has 0 spiro atoms. The van der Waals surface area contributed by atoms with Crippen molar-refractivity contribution >= 4 is 35.0 Å². The van der Waals surface area contributed by atoms with E-state index in [1.165, 1.54) is 0 Å². The monoisotopic (exact) mass is 221 g/mol. The lowest BCUT2D eigenvalue weighted by Gasteiger charge is -2.04. The lowest BCUT2D eigenvalue weighted by atomic mass is 10.4. The van der Waals surface area contributed by atoms with E-state index < -0.39 is 0 Å². The summed E-state index contributed by atoms with van der Waals surface area (Å²) < 4.78 is 0. The molecule has 1 aromatic rings. The van der Waals surface area contributed by atoms with Crippen LogP contribution in [0.2, 0.25) is 10.0 Å². The van der Waals surface area contributed by atoms with E-state index in [-0.39, 0.29) is 0 Å². The van der Waals surface area contributed by atoms with E-state index in [1.54, 1.807) is 11.8 Å². The van der Waals surface area contributed by atoms with Gasteiger partial charge in [0, 0.05) is 17.2 Å². The van der Waals surface area contributed by atoms with E-state index >= 15 is 0 Å². The van der Waals surface area contributed by atoms with Gasteiger partial charge in [0.25, 0.3) is 0 Å². The van der Waals surface area contributed by atoms with E-state index in [1.807, 2.05) is 18.2 Å². The zero-order valence-electron chi connectivity index (χ0n) is 6.39. The highest BCUT2D eigenvalue weighted by Gasteiger charge is 2.04. The number of hydrogen-bond donors (Lipinski definition) is 1. The minimum atomic E-state index is 0.631. The molecule has 1 aromatic carbocycles. The summed E-state index contributed by atoms with van der Waals surface area (Å²) >= 11 is 13.4. The number of rotatable bonds is 3. The van der Waals surface area contributed by atoms with E-state index in [9.17, 15) is 0 Å². The van der Waals surface area contributed by atoms with Gasteiger partial charge in [-0.1, -0.05) is 29.3 Å². The fourth-order valence-electron chi connectivity index (χ4n) is 0.781. The predicted octanol–water partition coefficient (Wildman–Crippen LogP) is 3.04. The van der Waals surface area contributed by atoms with Crippen LogP contribution in [0, 0.1) is 0 Å². The number of benzene rings is 1. The molecular weight excluding hydrogens is 213 g/mol. The molecule has 1 rings (SSSR count). The molecule has 0 saturated heterocycles. The second kappa shape index (κ2) is 4.97. The van der Waals surface area contributed by atoms with Gasteiger partial charge in [0.1, 0.15) is 0 Å². The Morgan fingerprint density at radius 2 is 1.83 bits per heavy atom. The Bertz CT molecular complexity index is 245. The molecule has 0 saturated carbocycles. The summed E-state index contributed by atoms with van der Waals surface area (Å²) in [6.45, 7) is 0.631. The van der Waals surface area contributed by atoms with Crippen molar-refractivity contribution in [3.63, 3.8) is 0 Å². The first-order valence-electron chi connectivity index (χ1n) is 3.52. The third-order valence-corrected chi connectivity index (χ3v) is 3.31. The third kappa shape index (κ3) is 2.56. The minimum absolute atomic E-state index is 0.631. The van der Waals surface area contributed by atoms with Crippen LogP contribution in [0.15, 0.2) is 23.1 Å². The smallest absolute Gasteiger partial charge is 0.0556 e. The van der Waals surface area contributed by atoms with Crippen LogP contribution in [0.25, 0.3) is 0 Å². The molecule has 0 unspecified atom stereocenters. The highest BCUT2D eigenvalue weighted by molar-refractivity contribution is 7.99. The molecule has 2 N–H and O–H groups in total. The molecule has 0 fully saturated rings. The van der Waals surface area contributed by atoms with Gasteiger partial charge in [0.15, 0.2) is 0 Å². The van der Waals surface area contributed by atoms with Crippen LogP contribution in [-0.4, -0.2) is 12.3 Å². The fourth-order valence-corrected chi connectivity index (χ4v) is 2.24. The van der Waals surface area contributed by atoms with Crippen molar-refractivity contribution in [3.05, 3.63) is 28.2 Å². The van der Waals surface area contributed by atoms with Crippen LogP contribution in [0.4, 0.5) is 0 Å². The number of thioether (sulfide) groups is 1. The maximum atomic E-state index is 5.92. The van der Waals surface area contributed by atoms with Crippen LogP contribution in [0.3, 0.4) is 0 Å². The molecule has 12 heavy (non-hydrogen) atoms.